The van der Waals surface area contributed by atoms with Crippen LogP contribution in [0.4, 0.5) is 52.7 Å². The van der Waals surface area contributed by atoms with E-state index in [1.807, 2.05) is 0 Å². The summed E-state index contributed by atoms with van der Waals surface area (Å²) in [6.07, 6.45) is -24.1. The third-order valence-electron chi connectivity index (χ3n) is 2.62. The van der Waals surface area contributed by atoms with Crippen molar-refractivity contribution in [2.75, 3.05) is 0 Å². The van der Waals surface area contributed by atoms with Gasteiger partial charge in [0.15, 0.2) is 0 Å². The highest BCUT2D eigenvalue weighted by Gasteiger charge is 2.82. The van der Waals surface area contributed by atoms with Gasteiger partial charge in [0.1, 0.15) is 6.10 Å². The van der Waals surface area contributed by atoms with Crippen LogP contribution in [0.1, 0.15) is 6.42 Å². The fourth-order valence-corrected chi connectivity index (χ4v) is 1.57. The molecule has 1 aliphatic rings. The summed E-state index contributed by atoms with van der Waals surface area (Å²) in [5, 5.41) is 0. The second-order valence-corrected chi connectivity index (χ2v) is 4.19. The summed E-state index contributed by atoms with van der Waals surface area (Å²) in [6, 6.07) is 0. The zero-order valence-electron chi connectivity index (χ0n) is 9.31. The van der Waals surface area contributed by atoms with Gasteiger partial charge in [0.2, 0.25) is 6.10 Å². The van der Waals surface area contributed by atoms with Gasteiger partial charge in [-0.1, -0.05) is 0 Å². The van der Waals surface area contributed by atoms with E-state index in [0.717, 1.165) is 0 Å². The fraction of sp³-hybridized carbons (Fsp3) is 1.00. The van der Waals surface area contributed by atoms with E-state index in [4.69, 9.17) is 0 Å². The van der Waals surface area contributed by atoms with Gasteiger partial charge < -0.3 is 4.74 Å². The molecule has 1 fully saturated rings. The lowest BCUT2D eigenvalue weighted by Crippen LogP contribution is -2.53. The van der Waals surface area contributed by atoms with E-state index >= 15 is 0 Å². The highest BCUT2D eigenvalue weighted by atomic mass is 19.4. The van der Waals surface area contributed by atoms with Crippen molar-refractivity contribution in [3.8, 4) is 0 Å². The third kappa shape index (κ3) is 2.88. The van der Waals surface area contributed by atoms with Crippen LogP contribution in [0, 0.1) is 0 Å². The second kappa shape index (κ2) is 4.56. The van der Waals surface area contributed by atoms with Gasteiger partial charge >= 0.3 is 30.1 Å². The molecule has 0 saturated heterocycles. The maximum absolute atomic E-state index is 12.9. The van der Waals surface area contributed by atoms with Crippen molar-refractivity contribution in [2.45, 2.75) is 48.7 Å². The smallest absolute Gasteiger partial charge is 0.351 e. The first-order chi connectivity index (χ1) is 8.94. The summed E-state index contributed by atoms with van der Waals surface area (Å²) >= 11 is 0. The van der Waals surface area contributed by atoms with Crippen molar-refractivity contribution < 1.29 is 57.4 Å². The summed E-state index contributed by atoms with van der Waals surface area (Å²) in [7, 11) is 0. The third-order valence-corrected chi connectivity index (χ3v) is 2.62. The van der Waals surface area contributed by atoms with Gasteiger partial charge in [-0.05, 0) is 0 Å². The highest BCUT2D eigenvalue weighted by Crippen LogP contribution is 2.58. The summed E-state index contributed by atoms with van der Waals surface area (Å²) < 4.78 is 152. The van der Waals surface area contributed by atoms with Crippen LogP contribution in [0.5, 0.6) is 0 Å². The van der Waals surface area contributed by atoms with E-state index in [2.05, 4.69) is 4.74 Å². The molecule has 0 bridgehead atoms. The highest BCUT2D eigenvalue weighted by molar-refractivity contribution is 5.10. The van der Waals surface area contributed by atoms with Crippen molar-refractivity contribution >= 4 is 0 Å². The normalized spacial score (nSPS) is 28.1. The summed E-state index contributed by atoms with van der Waals surface area (Å²) in [6.45, 7) is 0. The first kappa shape index (κ1) is 18.2. The molecule has 0 N–H and O–H groups in total. The SMILES string of the molecule is FC(F)(F)C(OC1CC(F)(F)C(F)(F)C1(F)F)C(F)(F)F. The van der Waals surface area contributed by atoms with Crippen LogP contribution in [0.25, 0.3) is 0 Å². The van der Waals surface area contributed by atoms with Crippen LogP contribution < -0.4 is 0 Å². The van der Waals surface area contributed by atoms with Crippen LogP contribution in [0.2, 0.25) is 0 Å². The minimum Gasteiger partial charge on any atom is -0.351 e. The van der Waals surface area contributed by atoms with Gasteiger partial charge in [-0.2, -0.15) is 52.7 Å². The lowest BCUT2D eigenvalue weighted by molar-refractivity contribution is -0.350. The van der Waals surface area contributed by atoms with Gasteiger partial charge in [0.05, 0.1) is 6.42 Å². The predicted octanol–water partition coefficient (Wildman–Crippen LogP) is 4.17. The Morgan fingerprint density at radius 3 is 1.43 bits per heavy atom. The Bertz CT molecular complexity index is 379. The molecule has 0 aliphatic heterocycles. The number of alkyl halides is 12. The Hall–Kier alpha value is -0.880. The molecule has 1 unspecified atom stereocenters. The molecule has 0 radical (unpaired) electrons. The molecule has 1 rings (SSSR count). The van der Waals surface area contributed by atoms with Crippen LogP contribution in [-0.4, -0.2) is 42.3 Å². The second-order valence-electron chi connectivity index (χ2n) is 4.19. The number of halogens is 12. The fourth-order valence-electron chi connectivity index (χ4n) is 1.57. The van der Waals surface area contributed by atoms with E-state index in [-0.39, 0.29) is 0 Å². The molecule has 21 heavy (non-hydrogen) atoms. The zero-order chi connectivity index (χ0) is 17.1. The maximum Gasteiger partial charge on any atom is 0.423 e. The van der Waals surface area contributed by atoms with E-state index in [1.165, 1.54) is 0 Å². The number of rotatable bonds is 2. The quantitative estimate of drug-likeness (QED) is 0.683. The molecule has 1 aliphatic carbocycles. The Morgan fingerprint density at radius 1 is 0.810 bits per heavy atom. The predicted molar refractivity (Wildman–Crippen MR) is 40.2 cm³/mol. The van der Waals surface area contributed by atoms with E-state index in [0.29, 0.717) is 0 Å². The van der Waals surface area contributed by atoms with Gasteiger partial charge in [-0.15, -0.1) is 0 Å². The van der Waals surface area contributed by atoms with E-state index < -0.39 is 48.7 Å². The molecule has 0 heterocycles. The summed E-state index contributed by atoms with van der Waals surface area (Å²) in [5.41, 5.74) is 0. The van der Waals surface area contributed by atoms with Gasteiger partial charge in [-0.3, -0.25) is 0 Å². The maximum atomic E-state index is 12.9. The molecule has 0 aromatic heterocycles. The Balaban J connectivity index is 3.13. The van der Waals surface area contributed by atoms with Crippen LogP contribution in [0.15, 0.2) is 0 Å². The van der Waals surface area contributed by atoms with E-state index in [9.17, 15) is 52.7 Å². The summed E-state index contributed by atoms with van der Waals surface area (Å²) in [4.78, 5) is 0. The largest absolute Gasteiger partial charge is 0.423 e. The van der Waals surface area contributed by atoms with Crippen LogP contribution >= 0.6 is 0 Å². The van der Waals surface area contributed by atoms with Crippen molar-refractivity contribution in [3.63, 3.8) is 0 Å². The lowest BCUT2D eigenvalue weighted by Gasteiger charge is -2.29. The van der Waals surface area contributed by atoms with Crippen molar-refractivity contribution in [2.24, 2.45) is 0 Å². The Labute approximate surface area is 107 Å². The van der Waals surface area contributed by atoms with Crippen molar-refractivity contribution in [3.05, 3.63) is 0 Å². The molecule has 1 atom stereocenters. The van der Waals surface area contributed by atoms with Gasteiger partial charge in [-0.25, -0.2) is 0 Å². The van der Waals surface area contributed by atoms with Gasteiger partial charge in [0, 0.05) is 0 Å². The Kier molecular flexibility index (Phi) is 3.94. The first-order valence-corrected chi connectivity index (χ1v) is 4.87. The molecule has 1 nitrogen and oxygen atoms in total. The molecular formula is C8H4F12O. The minimum atomic E-state index is -6.29. The van der Waals surface area contributed by atoms with Crippen molar-refractivity contribution in [1.29, 1.82) is 0 Å². The Morgan fingerprint density at radius 2 is 1.19 bits per heavy atom. The average molecular weight is 344 g/mol. The molecule has 13 heteroatoms. The first-order valence-electron chi connectivity index (χ1n) is 4.87. The lowest BCUT2D eigenvalue weighted by atomic mass is 10.2. The van der Waals surface area contributed by atoms with Crippen molar-refractivity contribution in [1.82, 2.24) is 0 Å². The number of hydrogen-bond acceptors (Lipinski definition) is 1. The molecule has 0 aromatic rings. The monoisotopic (exact) mass is 344 g/mol. The molecule has 0 amide bonds. The standard InChI is InChI=1S/C8H4F12O/c9-4(10)1-2(5(11,12)8(4,19)20)21-3(6(13,14)15)7(16,17)18/h2-3H,1H2. The van der Waals surface area contributed by atoms with E-state index in [1.54, 1.807) is 0 Å². The minimum absolute atomic E-state index is 2.68. The molecular weight excluding hydrogens is 340 g/mol. The summed E-state index contributed by atoms with van der Waals surface area (Å²) in [5.74, 6) is -17.5. The van der Waals surface area contributed by atoms with Crippen LogP contribution in [0.3, 0.4) is 0 Å². The number of hydrogen-bond donors (Lipinski definition) is 0. The topological polar surface area (TPSA) is 9.23 Å². The van der Waals surface area contributed by atoms with Crippen LogP contribution in [-0.2, 0) is 4.74 Å². The molecule has 0 spiro atoms. The molecule has 126 valence electrons. The number of ether oxygens (including phenoxy) is 1. The molecule has 1 saturated carbocycles. The average Bonchev–Trinajstić information content (AvgIpc) is 2.29. The van der Waals surface area contributed by atoms with Gasteiger partial charge in [0.25, 0.3) is 0 Å². The molecule has 0 aromatic carbocycles. The zero-order valence-corrected chi connectivity index (χ0v) is 9.31.